The molecular weight excluding hydrogens is 490 g/mol. The average Bonchev–Trinajstić information content (AvgIpc) is 3.02. The van der Waals surface area contributed by atoms with Crippen LogP contribution >= 0.6 is 24.8 Å². The van der Waals surface area contributed by atoms with Gasteiger partial charge in [-0.1, -0.05) is 12.1 Å². The van der Waals surface area contributed by atoms with Gasteiger partial charge in [-0.15, -0.1) is 24.8 Å². The maximum Gasteiger partial charge on any atom is 0.242 e. The molecule has 182 valence electrons. The second-order valence-electron chi connectivity index (χ2n) is 7.49. The molecule has 33 heavy (non-hydrogen) atoms. The number of fused-ring (bicyclic) bond motifs is 1. The summed E-state index contributed by atoms with van der Waals surface area (Å²) in [6, 6.07) is 10.2. The maximum absolute atomic E-state index is 14.3. The number of rotatable bonds is 8. The molecule has 0 radical (unpaired) electrons. The molecule has 11 heteroatoms. The van der Waals surface area contributed by atoms with Gasteiger partial charge in [0.05, 0.1) is 34.3 Å². The molecule has 0 saturated heterocycles. The third kappa shape index (κ3) is 6.11. The fraction of sp³-hybridized carbons (Fsp3) is 0.318. The third-order valence-corrected chi connectivity index (χ3v) is 6.92. The number of benzene rings is 1. The van der Waals surface area contributed by atoms with E-state index in [4.69, 9.17) is 5.73 Å². The Labute approximate surface area is 206 Å². The van der Waals surface area contributed by atoms with Crippen molar-refractivity contribution in [2.24, 2.45) is 5.73 Å². The van der Waals surface area contributed by atoms with E-state index < -0.39 is 22.0 Å². The SMILES string of the molecule is CC(O)c1c(Cc2ccc(S(=O)(=O)N(C)C)cc2)c2ncccc2n1C/C(F)=C/CN.Cl.Cl. The molecule has 1 atom stereocenters. The number of hydrogen-bond donors (Lipinski definition) is 2. The minimum Gasteiger partial charge on any atom is -0.387 e. The van der Waals surface area contributed by atoms with Crippen LogP contribution in [0.5, 0.6) is 0 Å². The average molecular weight is 519 g/mol. The Balaban J connectivity index is 0.00000272. The van der Waals surface area contributed by atoms with E-state index in [0.717, 1.165) is 15.4 Å². The standard InChI is InChI=1S/C22H27FN4O3S.2ClH/c1-15(28)22-19(13-16-6-8-18(9-7-16)31(29,30)26(2)3)21-20(5-4-12-25-21)27(22)14-17(23)10-11-24;;/h4-10,12,15,28H,11,13-14,24H2,1-3H3;2*1H/b17-10-;;. The number of sulfonamides is 1. The van der Waals surface area contributed by atoms with Crippen molar-refractivity contribution in [2.45, 2.75) is 30.9 Å². The van der Waals surface area contributed by atoms with Gasteiger partial charge < -0.3 is 15.4 Å². The first-order valence-electron chi connectivity index (χ1n) is 9.87. The van der Waals surface area contributed by atoms with E-state index in [1.807, 2.05) is 6.07 Å². The van der Waals surface area contributed by atoms with Crippen molar-refractivity contribution in [3.8, 4) is 0 Å². The summed E-state index contributed by atoms with van der Waals surface area (Å²) in [7, 11) is -0.553. The van der Waals surface area contributed by atoms with Crippen molar-refractivity contribution in [2.75, 3.05) is 20.6 Å². The lowest BCUT2D eigenvalue weighted by atomic mass is 10.0. The lowest BCUT2D eigenvalue weighted by molar-refractivity contribution is 0.189. The van der Waals surface area contributed by atoms with Gasteiger partial charge in [-0.25, -0.2) is 17.1 Å². The molecular formula is C22H29Cl2FN4O3S. The normalized spacial score (nSPS) is 13.0. The zero-order valence-corrected chi connectivity index (χ0v) is 21.1. The molecule has 0 aliphatic heterocycles. The number of aliphatic hydroxyl groups excluding tert-OH is 1. The van der Waals surface area contributed by atoms with Crippen molar-refractivity contribution in [3.63, 3.8) is 0 Å². The molecule has 2 heterocycles. The number of allylic oxidation sites excluding steroid dienone is 1. The van der Waals surface area contributed by atoms with E-state index in [1.165, 1.54) is 20.2 Å². The molecule has 0 spiro atoms. The zero-order chi connectivity index (χ0) is 22.8. The van der Waals surface area contributed by atoms with Crippen LogP contribution in [0.15, 0.2) is 59.4 Å². The van der Waals surface area contributed by atoms with Gasteiger partial charge in [0.15, 0.2) is 0 Å². The molecule has 0 aliphatic rings. The highest BCUT2D eigenvalue weighted by Crippen LogP contribution is 2.32. The highest BCUT2D eigenvalue weighted by molar-refractivity contribution is 7.89. The minimum atomic E-state index is -3.52. The van der Waals surface area contributed by atoms with Gasteiger partial charge in [-0.3, -0.25) is 4.98 Å². The van der Waals surface area contributed by atoms with Crippen LogP contribution in [0.25, 0.3) is 11.0 Å². The fourth-order valence-corrected chi connectivity index (χ4v) is 4.52. The van der Waals surface area contributed by atoms with Crippen LogP contribution in [0, 0.1) is 0 Å². The minimum absolute atomic E-state index is 0. The van der Waals surface area contributed by atoms with Crippen LogP contribution < -0.4 is 5.73 Å². The van der Waals surface area contributed by atoms with Crippen molar-refractivity contribution in [1.82, 2.24) is 13.9 Å². The Hall–Kier alpha value is -2.01. The summed E-state index contributed by atoms with van der Waals surface area (Å²) >= 11 is 0. The van der Waals surface area contributed by atoms with Crippen molar-refractivity contribution < 1.29 is 17.9 Å². The molecule has 3 N–H and O–H groups in total. The van der Waals surface area contributed by atoms with Gasteiger partial charge in [0.2, 0.25) is 10.0 Å². The lowest BCUT2D eigenvalue weighted by Gasteiger charge is -2.14. The van der Waals surface area contributed by atoms with E-state index in [2.05, 4.69) is 4.98 Å². The van der Waals surface area contributed by atoms with Crippen LogP contribution in [0.3, 0.4) is 0 Å². The summed E-state index contributed by atoms with van der Waals surface area (Å²) in [4.78, 5) is 4.67. The first-order valence-corrected chi connectivity index (χ1v) is 11.3. The second kappa shape index (κ2) is 11.9. The van der Waals surface area contributed by atoms with E-state index >= 15 is 0 Å². The van der Waals surface area contributed by atoms with E-state index in [0.29, 0.717) is 23.1 Å². The molecule has 0 amide bonds. The van der Waals surface area contributed by atoms with Gasteiger partial charge in [0, 0.05) is 38.8 Å². The molecule has 0 saturated carbocycles. The molecule has 0 fully saturated rings. The van der Waals surface area contributed by atoms with Gasteiger partial charge in [-0.2, -0.15) is 0 Å². The summed E-state index contributed by atoms with van der Waals surface area (Å²) in [6.45, 7) is 1.66. The molecule has 3 aromatic rings. The molecule has 7 nitrogen and oxygen atoms in total. The lowest BCUT2D eigenvalue weighted by Crippen LogP contribution is -2.22. The molecule has 2 aromatic heterocycles. The van der Waals surface area contributed by atoms with Crippen molar-refractivity contribution in [3.05, 3.63) is 71.3 Å². The monoisotopic (exact) mass is 518 g/mol. The number of halogens is 3. The predicted molar refractivity (Wildman–Crippen MR) is 133 cm³/mol. The fourth-order valence-electron chi connectivity index (χ4n) is 3.62. The van der Waals surface area contributed by atoms with Gasteiger partial charge in [0.25, 0.3) is 0 Å². The largest absolute Gasteiger partial charge is 0.387 e. The van der Waals surface area contributed by atoms with Crippen LogP contribution in [-0.2, 0) is 23.0 Å². The first-order chi connectivity index (χ1) is 14.7. The van der Waals surface area contributed by atoms with Crippen LogP contribution in [0.4, 0.5) is 4.39 Å². The smallest absolute Gasteiger partial charge is 0.242 e. The highest BCUT2D eigenvalue weighted by atomic mass is 35.5. The summed E-state index contributed by atoms with van der Waals surface area (Å²) in [5, 5.41) is 10.5. The number of nitrogens with two attached hydrogens (primary N) is 1. The van der Waals surface area contributed by atoms with E-state index in [-0.39, 0.29) is 42.8 Å². The summed E-state index contributed by atoms with van der Waals surface area (Å²) in [6.07, 6.45) is 2.51. The quantitative estimate of drug-likeness (QED) is 0.474. The number of pyridine rings is 1. The molecule has 3 rings (SSSR count). The summed E-state index contributed by atoms with van der Waals surface area (Å²) in [5.41, 5.74) is 9.00. The zero-order valence-electron chi connectivity index (χ0n) is 18.6. The Morgan fingerprint density at radius 2 is 1.88 bits per heavy atom. The first kappa shape index (κ1) is 29.0. The van der Waals surface area contributed by atoms with Gasteiger partial charge in [0.1, 0.15) is 5.83 Å². The van der Waals surface area contributed by atoms with E-state index in [9.17, 15) is 17.9 Å². The maximum atomic E-state index is 14.3. The van der Waals surface area contributed by atoms with Gasteiger partial charge in [-0.05, 0) is 42.8 Å². The Bertz CT molecular complexity index is 1210. The van der Waals surface area contributed by atoms with Crippen LogP contribution in [-0.4, -0.2) is 48.0 Å². The topological polar surface area (TPSA) is 101 Å². The predicted octanol–water partition coefficient (Wildman–Crippen LogP) is 3.59. The molecule has 0 aliphatic carbocycles. The second-order valence-corrected chi connectivity index (χ2v) is 9.64. The molecule has 1 unspecified atom stereocenters. The summed E-state index contributed by atoms with van der Waals surface area (Å²) in [5.74, 6) is -0.394. The van der Waals surface area contributed by atoms with Crippen LogP contribution in [0.2, 0.25) is 0 Å². The van der Waals surface area contributed by atoms with Gasteiger partial charge >= 0.3 is 0 Å². The number of hydrogen-bond acceptors (Lipinski definition) is 5. The highest BCUT2D eigenvalue weighted by Gasteiger charge is 2.23. The van der Waals surface area contributed by atoms with E-state index in [1.54, 1.807) is 48.0 Å². The summed E-state index contributed by atoms with van der Waals surface area (Å²) < 4.78 is 41.8. The molecule has 1 aromatic carbocycles. The third-order valence-electron chi connectivity index (χ3n) is 5.09. The van der Waals surface area contributed by atoms with Crippen LogP contribution in [0.1, 0.15) is 29.8 Å². The Kier molecular flexibility index (Phi) is 10.5. The number of nitrogens with zero attached hydrogens (tertiary/aromatic N) is 3. The number of aromatic nitrogens is 2. The Morgan fingerprint density at radius 3 is 2.42 bits per heavy atom. The Morgan fingerprint density at radius 1 is 1.24 bits per heavy atom. The molecule has 0 bridgehead atoms. The van der Waals surface area contributed by atoms with Crippen molar-refractivity contribution >= 4 is 45.9 Å². The number of aliphatic hydroxyl groups is 1. The van der Waals surface area contributed by atoms with Crippen molar-refractivity contribution in [1.29, 1.82) is 0 Å².